The Labute approximate surface area is 145 Å². The quantitative estimate of drug-likeness (QED) is 0.587. The second kappa shape index (κ2) is 7.05. The lowest BCUT2D eigenvalue weighted by molar-refractivity contribution is -0.121. The fraction of sp³-hybridized carbons (Fsp3) is 0.100. The highest BCUT2D eigenvalue weighted by atomic mass is 16.5. The van der Waals surface area contributed by atoms with Gasteiger partial charge in [0, 0.05) is 18.4 Å². The molecule has 126 valence electrons. The van der Waals surface area contributed by atoms with E-state index in [2.05, 4.69) is 0 Å². The van der Waals surface area contributed by atoms with Crippen molar-refractivity contribution >= 4 is 34.0 Å². The lowest BCUT2D eigenvalue weighted by Crippen LogP contribution is -2.31. The van der Waals surface area contributed by atoms with E-state index in [0.717, 1.165) is 16.5 Å². The summed E-state index contributed by atoms with van der Waals surface area (Å²) in [6.45, 7) is -0.351. The van der Waals surface area contributed by atoms with Crippen LogP contribution in [0.2, 0.25) is 0 Å². The molecule has 1 amide bonds. The first-order valence-corrected chi connectivity index (χ1v) is 7.83. The van der Waals surface area contributed by atoms with Gasteiger partial charge in [0.15, 0.2) is 6.61 Å². The fourth-order valence-electron chi connectivity index (χ4n) is 2.53. The number of esters is 1. The minimum Gasteiger partial charge on any atom is -0.452 e. The van der Waals surface area contributed by atoms with Gasteiger partial charge in [-0.3, -0.25) is 4.79 Å². The number of hydrogen-bond acceptors (Lipinski definition) is 4. The van der Waals surface area contributed by atoms with Gasteiger partial charge in [-0.15, -0.1) is 0 Å². The number of carbonyl (C=O) groups is 2. The number of benzene rings is 3. The predicted octanol–water partition coefficient (Wildman–Crippen LogP) is 3.24. The predicted molar refractivity (Wildman–Crippen MR) is 98.5 cm³/mol. The molecule has 0 saturated carbocycles. The van der Waals surface area contributed by atoms with Crippen molar-refractivity contribution in [3.05, 3.63) is 72.3 Å². The highest BCUT2D eigenvalue weighted by Gasteiger charge is 2.17. The molecule has 0 unspecified atom stereocenters. The zero-order chi connectivity index (χ0) is 17.8. The third-order valence-electron chi connectivity index (χ3n) is 3.98. The van der Waals surface area contributed by atoms with Gasteiger partial charge in [0.25, 0.3) is 5.91 Å². The van der Waals surface area contributed by atoms with E-state index in [9.17, 15) is 9.59 Å². The fourth-order valence-corrected chi connectivity index (χ4v) is 2.53. The molecule has 2 N–H and O–H groups in total. The summed E-state index contributed by atoms with van der Waals surface area (Å²) in [5.74, 6) is -0.933. The summed E-state index contributed by atoms with van der Waals surface area (Å²) in [5, 5.41) is 1.83. The van der Waals surface area contributed by atoms with Crippen LogP contribution in [-0.4, -0.2) is 25.5 Å². The molecule has 0 fully saturated rings. The van der Waals surface area contributed by atoms with Crippen molar-refractivity contribution in [2.75, 3.05) is 24.3 Å². The Morgan fingerprint density at radius 2 is 1.56 bits per heavy atom. The van der Waals surface area contributed by atoms with E-state index in [-0.39, 0.29) is 18.1 Å². The van der Waals surface area contributed by atoms with Crippen LogP contribution in [0.15, 0.2) is 66.7 Å². The number of hydrogen-bond donors (Lipinski definition) is 1. The molecular formula is C20H18N2O3. The maximum Gasteiger partial charge on any atom is 0.340 e. The molecule has 0 aliphatic rings. The second-order valence-electron chi connectivity index (χ2n) is 5.65. The van der Waals surface area contributed by atoms with E-state index < -0.39 is 5.97 Å². The third-order valence-corrected chi connectivity index (χ3v) is 3.98. The minimum absolute atomic E-state index is 0.258. The summed E-state index contributed by atoms with van der Waals surface area (Å²) in [6.07, 6.45) is 0. The van der Waals surface area contributed by atoms with Crippen LogP contribution in [0.25, 0.3) is 10.8 Å². The van der Waals surface area contributed by atoms with Crippen LogP contribution in [0.4, 0.5) is 11.4 Å². The Balaban J connectivity index is 1.70. The van der Waals surface area contributed by atoms with Gasteiger partial charge < -0.3 is 15.4 Å². The van der Waals surface area contributed by atoms with Gasteiger partial charge in [0.1, 0.15) is 0 Å². The number of fused-ring (bicyclic) bond motifs is 1. The number of rotatable bonds is 4. The largest absolute Gasteiger partial charge is 0.452 e. The van der Waals surface area contributed by atoms with E-state index in [1.165, 1.54) is 4.90 Å². The Morgan fingerprint density at radius 3 is 2.24 bits per heavy atom. The summed E-state index contributed by atoms with van der Waals surface area (Å²) in [4.78, 5) is 25.9. The van der Waals surface area contributed by atoms with Gasteiger partial charge in [-0.05, 0) is 35.0 Å². The molecule has 0 radical (unpaired) electrons. The number of nitrogens with zero attached hydrogens (tertiary/aromatic N) is 1. The van der Waals surface area contributed by atoms with Gasteiger partial charge in [-0.25, -0.2) is 4.79 Å². The number of nitrogen functional groups attached to an aromatic ring is 1. The zero-order valence-corrected chi connectivity index (χ0v) is 13.8. The molecule has 0 aliphatic carbocycles. The molecule has 5 heteroatoms. The summed E-state index contributed by atoms with van der Waals surface area (Å²) < 4.78 is 5.15. The minimum atomic E-state index is -0.613. The molecule has 0 atom stereocenters. The van der Waals surface area contributed by atoms with E-state index in [4.69, 9.17) is 10.5 Å². The number of ether oxygens (including phenoxy) is 1. The highest BCUT2D eigenvalue weighted by molar-refractivity contribution is 6.02. The monoisotopic (exact) mass is 334 g/mol. The molecular weight excluding hydrogens is 316 g/mol. The lowest BCUT2D eigenvalue weighted by atomic mass is 10.1. The summed E-state index contributed by atoms with van der Waals surface area (Å²) in [7, 11) is 1.63. The van der Waals surface area contributed by atoms with Crippen molar-refractivity contribution in [1.29, 1.82) is 0 Å². The number of para-hydroxylation sites is 1. The van der Waals surface area contributed by atoms with Gasteiger partial charge >= 0.3 is 5.97 Å². The first-order chi connectivity index (χ1) is 12.1. The molecule has 3 aromatic carbocycles. The van der Waals surface area contributed by atoms with Crippen LogP contribution in [0.5, 0.6) is 0 Å². The Morgan fingerprint density at radius 1 is 0.960 bits per heavy atom. The molecule has 0 aromatic heterocycles. The summed E-state index contributed by atoms with van der Waals surface area (Å²) in [6, 6.07) is 20.1. The van der Waals surface area contributed by atoms with Crippen molar-refractivity contribution in [3.8, 4) is 0 Å². The molecule has 5 nitrogen and oxygen atoms in total. The average Bonchev–Trinajstić information content (AvgIpc) is 2.65. The molecule has 3 rings (SSSR count). The number of nitrogens with two attached hydrogens (primary N) is 1. The van der Waals surface area contributed by atoms with Gasteiger partial charge in [-0.1, -0.05) is 42.5 Å². The number of amides is 1. The summed E-state index contributed by atoms with van der Waals surface area (Å²) in [5.41, 5.74) is 7.26. The van der Waals surface area contributed by atoms with Crippen LogP contribution in [0, 0.1) is 0 Å². The van der Waals surface area contributed by atoms with Crippen LogP contribution < -0.4 is 10.6 Å². The SMILES string of the molecule is CN(C(=O)COC(=O)c1cc2ccccc2cc1N)c1ccccc1. The summed E-state index contributed by atoms with van der Waals surface area (Å²) >= 11 is 0. The third kappa shape index (κ3) is 3.61. The van der Waals surface area contributed by atoms with E-state index >= 15 is 0 Å². The molecule has 3 aromatic rings. The molecule has 0 aliphatic heterocycles. The smallest absolute Gasteiger partial charge is 0.340 e. The van der Waals surface area contributed by atoms with Crippen molar-refractivity contribution in [2.24, 2.45) is 0 Å². The molecule has 0 spiro atoms. The normalized spacial score (nSPS) is 10.4. The Kier molecular flexibility index (Phi) is 4.66. The van der Waals surface area contributed by atoms with Crippen LogP contribution in [0.3, 0.4) is 0 Å². The standard InChI is InChI=1S/C20H18N2O3/c1-22(16-9-3-2-4-10-16)19(23)13-25-20(24)17-11-14-7-5-6-8-15(14)12-18(17)21/h2-12H,13,21H2,1H3. The Hall–Kier alpha value is -3.34. The molecule has 0 saturated heterocycles. The van der Waals surface area contributed by atoms with Crippen molar-refractivity contribution < 1.29 is 14.3 Å². The van der Waals surface area contributed by atoms with Gasteiger partial charge in [-0.2, -0.15) is 0 Å². The van der Waals surface area contributed by atoms with E-state index in [1.807, 2.05) is 42.5 Å². The number of anilines is 2. The van der Waals surface area contributed by atoms with E-state index in [1.54, 1.807) is 31.3 Å². The molecule has 0 heterocycles. The van der Waals surface area contributed by atoms with Crippen LogP contribution in [-0.2, 0) is 9.53 Å². The van der Waals surface area contributed by atoms with Crippen LogP contribution >= 0.6 is 0 Å². The maximum atomic E-state index is 12.3. The van der Waals surface area contributed by atoms with Gasteiger partial charge in [0.05, 0.1) is 5.56 Å². The number of carbonyl (C=O) groups excluding carboxylic acids is 2. The first-order valence-electron chi connectivity index (χ1n) is 7.83. The van der Waals surface area contributed by atoms with Crippen molar-refractivity contribution in [3.63, 3.8) is 0 Å². The second-order valence-corrected chi connectivity index (χ2v) is 5.65. The zero-order valence-electron chi connectivity index (χ0n) is 13.8. The maximum absolute atomic E-state index is 12.3. The van der Waals surface area contributed by atoms with Crippen molar-refractivity contribution in [1.82, 2.24) is 0 Å². The number of likely N-dealkylation sites (N-methyl/N-ethyl adjacent to an activating group) is 1. The topological polar surface area (TPSA) is 72.6 Å². The molecule has 25 heavy (non-hydrogen) atoms. The first kappa shape index (κ1) is 16.5. The van der Waals surface area contributed by atoms with Gasteiger partial charge in [0.2, 0.25) is 0 Å². The van der Waals surface area contributed by atoms with E-state index in [0.29, 0.717) is 5.69 Å². The van der Waals surface area contributed by atoms with Crippen LogP contribution in [0.1, 0.15) is 10.4 Å². The molecule has 0 bridgehead atoms. The Bertz CT molecular complexity index is 923. The van der Waals surface area contributed by atoms with Crippen molar-refractivity contribution in [2.45, 2.75) is 0 Å². The highest BCUT2D eigenvalue weighted by Crippen LogP contribution is 2.22. The lowest BCUT2D eigenvalue weighted by Gasteiger charge is -2.17. The average molecular weight is 334 g/mol.